The zero-order chi connectivity index (χ0) is 29.9. The highest BCUT2D eigenvalue weighted by Crippen LogP contribution is 2.39. The van der Waals surface area contributed by atoms with Crippen LogP contribution in [0.25, 0.3) is 0 Å². The molecule has 0 bridgehead atoms. The normalized spacial score (nSPS) is 12.6. The Balaban J connectivity index is 1.80. The van der Waals surface area contributed by atoms with Crippen molar-refractivity contribution in [1.29, 1.82) is 0 Å². The Morgan fingerprint density at radius 3 is 2.17 bits per heavy atom. The number of carboxylic acid groups (broad SMARTS) is 1. The Bertz CT molecular complexity index is 1350. The van der Waals surface area contributed by atoms with E-state index in [-0.39, 0.29) is 25.0 Å². The van der Waals surface area contributed by atoms with Crippen LogP contribution >= 0.6 is 11.8 Å². The fourth-order valence-corrected chi connectivity index (χ4v) is 4.50. The zero-order valence-electron chi connectivity index (χ0n) is 21.5. The first-order chi connectivity index (χ1) is 18.4. The van der Waals surface area contributed by atoms with Crippen molar-refractivity contribution >= 4 is 29.3 Å². The molecule has 40 heavy (non-hydrogen) atoms. The van der Waals surface area contributed by atoms with Crippen LogP contribution in [0.4, 0.5) is 32.0 Å². The first-order valence-electron chi connectivity index (χ1n) is 11.7. The summed E-state index contributed by atoms with van der Waals surface area (Å²) >= 11 is 1.14. The van der Waals surface area contributed by atoms with Crippen molar-refractivity contribution < 1.29 is 45.5 Å². The summed E-state index contributed by atoms with van der Waals surface area (Å²) in [6.07, 6.45) is -8.75. The second kappa shape index (κ2) is 11.9. The number of carbonyl (C=O) groups excluding carboxylic acids is 1. The van der Waals surface area contributed by atoms with Crippen LogP contribution in [-0.4, -0.2) is 38.2 Å². The number of halogens is 6. The Kier molecular flexibility index (Phi) is 9.24. The Morgan fingerprint density at radius 1 is 1.00 bits per heavy atom. The van der Waals surface area contributed by atoms with Crippen LogP contribution in [0.15, 0.2) is 58.0 Å². The van der Waals surface area contributed by atoms with E-state index in [1.165, 1.54) is 11.2 Å². The van der Waals surface area contributed by atoms with Gasteiger partial charge in [0.05, 0.1) is 35.6 Å². The lowest BCUT2D eigenvalue weighted by atomic mass is 10.1. The van der Waals surface area contributed by atoms with E-state index in [0.29, 0.717) is 28.3 Å². The molecule has 1 amide bonds. The maximum absolute atomic E-state index is 13.5. The van der Waals surface area contributed by atoms with Crippen LogP contribution in [0.2, 0.25) is 0 Å². The van der Waals surface area contributed by atoms with Gasteiger partial charge in [-0.2, -0.15) is 26.3 Å². The first-order valence-corrected chi connectivity index (χ1v) is 12.5. The predicted molar refractivity (Wildman–Crippen MR) is 134 cm³/mol. The number of thioether (sulfide) groups is 1. The number of aryl methyl sites for hydroxylation is 1. The molecule has 2 N–H and O–H groups in total. The maximum atomic E-state index is 13.5. The van der Waals surface area contributed by atoms with E-state index in [2.05, 4.69) is 10.3 Å². The molecule has 0 aliphatic rings. The topological polar surface area (TPSA) is 95.7 Å². The number of nitrogens with one attached hydrogen (secondary N) is 1. The summed E-state index contributed by atoms with van der Waals surface area (Å²) in [7, 11) is 0. The Labute approximate surface area is 229 Å². The van der Waals surface area contributed by atoms with Crippen molar-refractivity contribution in [1.82, 2.24) is 9.88 Å². The standard InChI is InChI=1S/C26H25F6N3O4S/c1-15-14-39-22(33-15)13-35(11-16-4-7-18(8-5-16)40-24(2,3)23(37)38)12-21(36)34-20-9-6-17(25(27,28)29)10-19(20)26(30,31)32/h4-10,14H,11-13H2,1-3H3,(H,34,36)(H,37,38). The summed E-state index contributed by atoms with van der Waals surface area (Å²) in [5, 5.41) is 11.4. The number of aromatic nitrogens is 1. The summed E-state index contributed by atoms with van der Waals surface area (Å²) in [5.74, 6) is -1.64. The van der Waals surface area contributed by atoms with Gasteiger partial charge in [-0.25, -0.2) is 4.98 Å². The SMILES string of the molecule is Cc1coc(CN(CC(=O)Nc2ccc(C(F)(F)F)cc2C(F)(F)F)Cc2ccc(SC(C)(C)C(=O)O)cc2)n1. The molecule has 7 nitrogen and oxygen atoms in total. The van der Waals surface area contributed by atoms with Crippen molar-refractivity contribution in [2.75, 3.05) is 11.9 Å². The third-order valence-corrected chi connectivity index (χ3v) is 6.73. The average Bonchev–Trinajstić information content (AvgIpc) is 3.23. The minimum Gasteiger partial charge on any atom is -0.480 e. The van der Waals surface area contributed by atoms with Gasteiger partial charge in [0.1, 0.15) is 11.0 Å². The zero-order valence-corrected chi connectivity index (χ0v) is 22.3. The van der Waals surface area contributed by atoms with Gasteiger partial charge in [-0.05, 0) is 56.7 Å². The van der Waals surface area contributed by atoms with E-state index in [1.807, 2.05) is 0 Å². The third-order valence-electron chi connectivity index (χ3n) is 5.54. The van der Waals surface area contributed by atoms with Gasteiger partial charge in [-0.3, -0.25) is 14.5 Å². The molecule has 1 aromatic heterocycles. The van der Waals surface area contributed by atoms with Gasteiger partial charge in [0.2, 0.25) is 11.8 Å². The third kappa shape index (κ3) is 8.49. The quantitative estimate of drug-likeness (QED) is 0.203. The Morgan fingerprint density at radius 2 is 1.65 bits per heavy atom. The number of hydrogen-bond acceptors (Lipinski definition) is 6. The molecule has 0 spiro atoms. The van der Waals surface area contributed by atoms with E-state index in [1.54, 1.807) is 45.0 Å². The molecule has 0 unspecified atom stereocenters. The molecule has 0 saturated carbocycles. The van der Waals surface area contributed by atoms with Crippen molar-refractivity contribution in [2.45, 2.75) is 55.9 Å². The fraction of sp³-hybridized carbons (Fsp3) is 0.346. The largest absolute Gasteiger partial charge is 0.480 e. The highest BCUT2D eigenvalue weighted by atomic mass is 32.2. The molecular weight excluding hydrogens is 564 g/mol. The van der Waals surface area contributed by atoms with Crippen LogP contribution in [0, 0.1) is 6.92 Å². The van der Waals surface area contributed by atoms with Gasteiger partial charge in [-0.1, -0.05) is 12.1 Å². The molecule has 0 atom stereocenters. The predicted octanol–water partition coefficient (Wildman–Crippen LogP) is 6.62. The number of rotatable bonds is 10. The Hall–Kier alpha value is -3.52. The number of anilines is 1. The average molecular weight is 590 g/mol. The molecule has 0 aliphatic carbocycles. The molecular formula is C26H25F6N3O4S. The first kappa shape index (κ1) is 31.0. The lowest BCUT2D eigenvalue weighted by Crippen LogP contribution is -2.33. The number of carboxylic acids is 1. The smallest absolute Gasteiger partial charge is 0.418 e. The number of oxazole rings is 1. The number of alkyl halides is 6. The lowest BCUT2D eigenvalue weighted by Gasteiger charge is -2.22. The van der Waals surface area contributed by atoms with Gasteiger partial charge >= 0.3 is 18.3 Å². The summed E-state index contributed by atoms with van der Waals surface area (Å²) < 4.78 is 83.7. The number of aliphatic carboxylic acids is 1. The molecule has 216 valence electrons. The van der Waals surface area contributed by atoms with Crippen molar-refractivity contribution in [2.24, 2.45) is 0 Å². The molecule has 0 saturated heterocycles. The van der Waals surface area contributed by atoms with Crippen LogP contribution in [0.5, 0.6) is 0 Å². The molecule has 0 aliphatic heterocycles. The van der Waals surface area contributed by atoms with Crippen LogP contribution in [-0.2, 0) is 35.0 Å². The number of benzene rings is 2. The maximum Gasteiger partial charge on any atom is 0.418 e. The lowest BCUT2D eigenvalue weighted by molar-refractivity contribution is -0.143. The van der Waals surface area contributed by atoms with Crippen LogP contribution < -0.4 is 5.32 Å². The second-order valence-corrected chi connectivity index (χ2v) is 11.1. The van der Waals surface area contributed by atoms with Crippen molar-refractivity contribution in [3.05, 3.63) is 77.0 Å². The number of nitrogens with zero attached hydrogens (tertiary/aromatic N) is 2. The summed E-state index contributed by atoms with van der Waals surface area (Å²) in [6, 6.07) is 7.82. The van der Waals surface area contributed by atoms with Gasteiger partial charge in [0.15, 0.2) is 0 Å². The number of amides is 1. The van der Waals surface area contributed by atoms with Gasteiger partial charge in [0, 0.05) is 11.4 Å². The molecule has 0 radical (unpaired) electrons. The fourth-order valence-electron chi connectivity index (χ4n) is 3.55. The van der Waals surface area contributed by atoms with Crippen LogP contribution in [0.3, 0.4) is 0 Å². The minimum absolute atomic E-state index is 0.00292. The summed E-state index contributed by atoms with van der Waals surface area (Å²) in [5.41, 5.74) is -2.66. The highest BCUT2D eigenvalue weighted by Gasteiger charge is 2.38. The van der Waals surface area contributed by atoms with Crippen LogP contribution in [0.1, 0.15) is 42.1 Å². The molecule has 0 fully saturated rings. The molecule has 1 heterocycles. The van der Waals surface area contributed by atoms with Gasteiger partial charge in [-0.15, -0.1) is 11.8 Å². The van der Waals surface area contributed by atoms with Crippen molar-refractivity contribution in [3.63, 3.8) is 0 Å². The number of carbonyl (C=O) groups is 2. The van der Waals surface area contributed by atoms with E-state index < -0.39 is 52.3 Å². The molecule has 3 rings (SSSR count). The highest BCUT2D eigenvalue weighted by molar-refractivity contribution is 8.01. The summed E-state index contributed by atoms with van der Waals surface area (Å²) in [6.45, 7) is 4.50. The second-order valence-electron chi connectivity index (χ2n) is 9.39. The molecule has 3 aromatic rings. The van der Waals surface area contributed by atoms with Gasteiger partial charge in [0.25, 0.3) is 0 Å². The van der Waals surface area contributed by atoms with E-state index in [4.69, 9.17) is 4.42 Å². The van der Waals surface area contributed by atoms with E-state index in [9.17, 15) is 41.0 Å². The summed E-state index contributed by atoms with van der Waals surface area (Å²) in [4.78, 5) is 30.6. The molecule has 2 aromatic carbocycles. The van der Waals surface area contributed by atoms with E-state index >= 15 is 0 Å². The van der Waals surface area contributed by atoms with Gasteiger partial charge < -0.3 is 14.8 Å². The number of hydrogen-bond donors (Lipinski definition) is 2. The monoisotopic (exact) mass is 589 g/mol. The van der Waals surface area contributed by atoms with E-state index in [0.717, 1.165) is 11.8 Å². The van der Waals surface area contributed by atoms with Crippen molar-refractivity contribution in [3.8, 4) is 0 Å². The molecule has 14 heteroatoms. The minimum atomic E-state index is -5.14.